The summed E-state index contributed by atoms with van der Waals surface area (Å²) >= 11 is 6.02. The van der Waals surface area contributed by atoms with Crippen molar-refractivity contribution >= 4 is 39.2 Å². The number of anilines is 1. The minimum atomic E-state index is -5.76. The summed E-state index contributed by atoms with van der Waals surface area (Å²) in [4.78, 5) is 23.6. The van der Waals surface area contributed by atoms with Gasteiger partial charge >= 0.3 is 5.97 Å². The topological polar surface area (TPSA) is 124 Å². The first-order chi connectivity index (χ1) is 24.3. The maximum atomic E-state index is 15.3. The highest BCUT2D eigenvalue weighted by atomic mass is 35.5. The Hall–Kier alpha value is -4.53. The predicted octanol–water partition coefficient (Wildman–Crippen LogP) is 8.45. The maximum Gasteiger partial charge on any atom is 0.339 e. The summed E-state index contributed by atoms with van der Waals surface area (Å²) < 4.78 is 103. The molecule has 15 heteroatoms. The summed E-state index contributed by atoms with van der Waals surface area (Å²) in [5.74, 6) is -16.0. The fourth-order valence-electron chi connectivity index (χ4n) is 5.87. The molecule has 5 rings (SSSR count). The Kier molecular flexibility index (Phi) is 11.0. The van der Waals surface area contributed by atoms with Crippen LogP contribution in [0.2, 0.25) is 5.02 Å². The third-order valence-corrected chi connectivity index (χ3v) is 11.1. The molecular weight excluding hydrogens is 731 g/mol. The lowest BCUT2D eigenvalue weighted by Crippen LogP contribution is -2.48. The smallest absolute Gasteiger partial charge is 0.339 e. The highest BCUT2D eigenvalue weighted by molar-refractivity contribution is 7.89. The van der Waals surface area contributed by atoms with Crippen molar-refractivity contribution in [2.24, 2.45) is 0 Å². The van der Waals surface area contributed by atoms with Gasteiger partial charge in [-0.3, -0.25) is 4.79 Å². The van der Waals surface area contributed by atoms with E-state index in [-0.39, 0.29) is 22.2 Å². The number of amides is 1. The largest absolute Gasteiger partial charge is 0.507 e. The van der Waals surface area contributed by atoms with Gasteiger partial charge in [-0.25, -0.2) is 35.2 Å². The molecule has 1 unspecified atom stereocenters. The third-order valence-electron chi connectivity index (χ3n) is 9.02. The number of halogens is 6. The van der Waals surface area contributed by atoms with Gasteiger partial charge in [-0.05, 0) is 77.1 Å². The molecule has 0 saturated heterocycles. The van der Waals surface area contributed by atoms with Gasteiger partial charge in [-0.1, -0.05) is 69.1 Å². The Bertz CT molecular complexity index is 2130. The molecule has 1 saturated carbocycles. The molecule has 1 fully saturated rings. The van der Waals surface area contributed by atoms with Crippen molar-refractivity contribution < 1.29 is 50.2 Å². The van der Waals surface area contributed by atoms with Crippen LogP contribution >= 0.6 is 11.6 Å². The second-order valence-corrected chi connectivity index (χ2v) is 15.9. The van der Waals surface area contributed by atoms with E-state index in [1.165, 1.54) is 24.3 Å². The van der Waals surface area contributed by atoms with Gasteiger partial charge in [-0.2, -0.15) is 4.31 Å². The molecule has 276 valence electrons. The van der Waals surface area contributed by atoms with Crippen LogP contribution in [0.3, 0.4) is 0 Å². The highest BCUT2D eigenvalue weighted by Crippen LogP contribution is 2.39. The Morgan fingerprint density at radius 3 is 2.00 bits per heavy atom. The summed E-state index contributed by atoms with van der Waals surface area (Å²) in [6.45, 7) is 5.06. The maximum absolute atomic E-state index is 15.3. The van der Waals surface area contributed by atoms with E-state index in [1.54, 1.807) is 12.1 Å². The van der Waals surface area contributed by atoms with Crippen molar-refractivity contribution in [3.63, 3.8) is 0 Å². The zero-order valence-electron chi connectivity index (χ0n) is 28.1. The molecule has 1 aliphatic rings. The van der Waals surface area contributed by atoms with E-state index in [4.69, 9.17) is 11.6 Å². The number of phenols is 1. The third kappa shape index (κ3) is 7.93. The number of carbonyl (C=O) groups excluding carboxylic acids is 1. The lowest BCUT2D eigenvalue weighted by atomic mass is 9.76. The molecule has 4 aromatic carbocycles. The molecule has 1 aliphatic carbocycles. The van der Waals surface area contributed by atoms with Crippen molar-refractivity contribution in [3.8, 4) is 5.75 Å². The fourth-order valence-corrected chi connectivity index (χ4v) is 7.69. The number of benzene rings is 4. The molecule has 0 aliphatic heterocycles. The molecule has 0 heterocycles. The van der Waals surface area contributed by atoms with E-state index in [0.29, 0.717) is 9.87 Å². The van der Waals surface area contributed by atoms with Gasteiger partial charge in [0.15, 0.2) is 28.2 Å². The van der Waals surface area contributed by atoms with Crippen LogP contribution in [-0.2, 0) is 33.2 Å². The molecule has 0 bridgehead atoms. The lowest BCUT2D eigenvalue weighted by Gasteiger charge is -2.32. The molecule has 8 nitrogen and oxygen atoms in total. The number of carboxylic acids is 1. The van der Waals surface area contributed by atoms with Gasteiger partial charge in [0, 0.05) is 23.3 Å². The summed E-state index contributed by atoms with van der Waals surface area (Å²) in [7, 11) is -5.76. The van der Waals surface area contributed by atoms with Crippen LogP contribution in [0.4, 0.5) is 27.6 Å². The van der Waals surface area contributed by atoms with E-state index < -0.39 is 91.6 Å². The standard InChI is InChI=1S/C37H34ClF5N2O6S/c1-37(2,3)23-14-20(13-22(16-23)21-5-4-6-21)15-27(35(47)44-25-11-12-26(36(48)49)28(46)17-25)45(18-19-7-9-24(38)10-8-19)52(50,51)34-32(42)30(40)29(39)31(41)33(34)43/h7-14,16-17,21,27,46H,4-6,15,18H2,1-3H3,(H,44,47)(H,48,49). The second-order valence-electron chi connectivity index (χ2n) is 13.7. The van der Waals surface area contributed by atoms with Crippen molar-refractivity contribution in [3.05, 3.63) is 123 Å². The first-order valence-electron chi connectivity index (χ1n) is 16.1. The average molecular weight is 765 g/mol. The first-order valence-corrected chi connectivity index (χ1v) is 17.9. The van der Waals surface area contributed by atoms with E-state index in [2.05, 4.69) is 5.32 Å². The van der Waals surface area contributed by atoms with Crippen LogP contribution in [0.15, 0.2) is 65.6 Å². The molecule has 4 aromatic rings. The number of nitrogens with one attached hydrogen (secondary N) is 1. The van der Waals surface area contributed by atoms with Gasteiger partial charge in [-0.15, -0.1) is 0 Å². The van der Waals surface area contributed by atoms with Crippen LogP contribution in [0.1, 0.15) is 78.6 Å². The number of nitrogens with zero attached hydrogens (tertiary/aromatic N) is 1. The summed E-state index contributed by atoms with van der Waals surface area (Å²) in [6.07, 6.45) is 2.33. The first kappa shape index (κ1) is 38.7. The summed E-state index contributed by atoms with van der Waals surface area (Å²) in [5.41, 5.74) is 1.23. The molecular formula is C37H34ClF5N2O6S. The molecule has 0 radical (unpaired) electrons. The lowest BCUT2D eigenvalue weighted by molar-refractivity contribution is -0.119. The number of sulfonamides is 1. The molecule has 0 spiro atoms. The Morgan fingerprint density at radius 1 is 0.885 bits per heavy atom. The zero-order valence-corrected chi connectivity index (χ0v) is 29.7. The van der Waals surface area contributed by atoms with Gasteiger partial charge in [0.05, 0.1) is 0 Å². The Morgan fingerprint density at radius 2 is 1.48 bits per heavy atom. The number of rotatable bonds is 11. The average Bonchev–Trinajstić information content (AvgIpc) is 3.03. The molecule has 3 N–H and O–H groups in total. The zero-order chi connectivity index (χ0) is 38.3. The normalized spacial score (nSPS) is 14.3. The number of hydrogen-bond donors (Lipinski definition) is 3. The second kappa shape index (κ2) is 14.8. The summed E-state index contributed by atoms with van der Waals surface area (Å²) in [5, 5.41) is 22.2. The van der Waals surface area contributed by atoms with Gasteiger partial charge < -0.3 is 15.5 Å². The van der Waals surface area contributed by atoms with Crippen molar-refractivity contribution in [1.82, 2.24) is 4.31 Å². The van der Waals surface area contributed by atoms with Crippen LogP contribution in [0.5, 0.6) is 5.75 Å². The Labute approximate surface area is 301 Å². The van der Waals surface area contributed by atoms with Gasteiger partial charge in [0.25, 0.3) is 0 Å². The number of carbonyl (C=O) groups is 2. The van der Waals surface area contributed by atoms with Crippen molar-refractivity contribution in [2.45, 2.75) is 75.3 Å². The molecule has 1 atom stereocenters. The minimum Gasteiger partial charge on any atom is -0.507 e. The fraction of sp³-hybridized carbons (Fsp3) is 0.297. The van der Waals surface area contributed by atoms with E-state index >= 15 is 8.78 Å². The predicted molar refractivity (Wildman–Crippen MR) is 183 cm³/mol. The Balaban J connectivity index is 1.73. The van der Waals surface area contributed by atoms with Gasteiger partial charge in [0.2, 0.25) is 21.7 Å². The van der Waals surface area contributed by atoms with Crippen LogP contribution in [0, 0.1) is 29.1 Å². The van der Waals surface area contributed by atoms with Crippen LogP contribution < -0.4 is 5.32 Å². The van der Waals surface area contributed by atoms with Crippen LogP contribution in [0.25, 0.3) is 0 Å². The van der Waals surface area contributed by atoms with E-state index in [1.807, 2.05) is 26.8 Å². The van der Waals surface area contributed by atoms with Crippen molar-refractivity contribution in [1.29, 1.82) is 0 Å². The quantitative estimate of drug-likeness (QED) is 0.0801. The van der Waals surface area contributed by atoms with E-state index in [9.17, 15) is 41.4 Å². The monoisotopic (exact) mass is 764 g/mol. The minimum absolute atomic E-state index is 0.136. The number of carboxylic acid groups (broad SMARTS) is 1. The highest BCUT2D eigenvalue weighted by Gasteiger charge is 2.42. The molecule has 0 aromatic heterocycles. The van der Waals surface area contributed by atoms with Crippen LogP contribution in [-0.4, -0.2) is 40.9 Å². The molecule has 52 heavy (non-hydrogen) atoms. The number of aromatic carboxylic acids is 1. The summed E-state index contributed by atoms with van der Waals surface area (Å²) in [6, 6.07) is 12.1. The SMILES string of the molecule is CC(C)(C)c1cc(CC(C(=O)Nc2ccc(C(=O)O)c(O)c2)N(Cc2ccc(Cl)cc2)S(=O)(=O)c2c(F)c(F)c(F)c(F)c2F)cc(C2CCC2)c1. The van der Waals surface area contributed by atoms with Crippen molar-refractivity contribution in [2.75, 3.05) is 5.32 Å². The van der Waals surface area contributed by atoms with Gasteiger partial charge in [0.1, 0.15) is 17.4 Å². The van der Waals surface area contributed by atoms with E-state index in [0.717, 1.165) is 48.6 Å². The number of hydrogen-bond acceptors (Lipinski definition) is 5. The molecule has 1 amide bonds. The number of aromatic hydroxyl groups is 1.